The average Bonchev–Trinajstić information content (AvgIpc) is 2.94. The molecule has 1 unspecified atom stereocenters. The Hall–Kier alpha value is -3.79. The van der Waals surface area contributed by atoms with Gasteiger partial charge in [0, 0.05) is 38.2 Å². The highest BCUT2D eigenvalue weighted by Gasteiger charge is 2.31. The molecule has 0 aliphatic carbocycles. The lowest BCUT2D eigenvalue weighted by Gasteiger charge is -2.34. The minimum Gasteiger partial charge on any atom is -0.481 e. The minimum atomic E-state index is -1.25. The number of aliphatic carboxylic acids is 1. The summed E-state index contributed by atoms with van der Waals surface area (Å²) in [5.41, 5.74) is 1.83. The molecule has 2 atom stereocenters. The first-order chi connectivity index (χ1) is 21.2. The van der Waals surface area contributed by atoms with Crippen molar-refractivity contribution in [3.05, 3.63) is 92.2 Å². The molecule has 1 fully saturated rings. The number of ketones is 1. The van der Waals surface area contributed by atoms with Crippen molar-refractivity contribution in [3.8, 4) is 11.1 Å². The lowest BCUT2D eigenvalue weighted by molar-refractivity contribution is -0.137. The Morgan fingerprint density at radius 3 is 2.29 bits per heavy atom. The zero-order valence-electron chi connectivity index (χ0n) is 26.3. The van der Waals surface area contributed by atoms with Gasteiger partial charge in [0.05, 0.1) is 12.5 Å². The van der Waals surface area contributed by atoms with Gasteiger partial charge in [0.15, 0.2) is 11.6 Å². The van der Waals surface area contributed by atoms with E-state index in [1.54, 1.807) is 26.0 Å². The number of rotatable bonds is 13. The molecule has 0 bridgehead atoms. The molecule has 3 aromatic rings. The second-order valence-electron chi connectivity index (χ2n) is 12.7. The van der Waals surface area contributed by atoms with Crippen LogP contribution < -0.4 is 5.56 Å². The zero-order chi connectivity index (χ0) is 33.2. The predicted molar refractivity (Wildman–Crippen MR) is 165 cm³/mol. The van der Waals surface area contributed by atoms with Crippen LogP contribution in [0.25, 0.3) is 11.1 Å². The molecule has 10 heteroatoms. The van der Waals surface area contributed by atoms with Crippen molar-refractivity contribution in [2.24, 2.45) is 5.92 Å². The van der Waals surface area contributed by atoms with Gasteiger partial charge in [0.1, 0.15) is 17.8 Å². The molecule has 0 saturated carbocycles. The van der Waals surface area contributed by atoms with Gasteiger partial charge >= 0.3 is 5.97 Å². The Kier molecular flexibility index (Phi) is 10.7. The number of carboxylic acids is 1. The van der Waals surface area contributed by atoms with Crippen LogP contribution in [0.3, 0.4) is 0 Å². The van der Waals surface area contributed by atoms with Crippen LogP contribution in [0, 0.1) is 44.1 Å². The number of benzene rings is 2. The lowest BCUT2D eigenvalue weighted by Crippen LogP contribution is -2.49. The molecule has 0 amide bonds. The fourth-order valence-corrected chi connectivity index (χ4v) is 6.20. The zero-order valence-corrected chi connectivity index (χ0v) is 26.3. The van der Waals surface area contributed by atoms with Crippen molar-refractivity contribution in [1.82, 2.24) is 9.47 Å². The van der Waals surface area contributed by atoms with Gasteiger partial charge in [-0.1, -0.05) is 19.9 Å². The summed E-state index contributed by atoms with van der Waals surface area (Å²) >= 11 is 0. The van der Waals surface area contributed by atoms with Gasteiger partial charge in [-0.15, -0.1) is 0 Å². The number of aromatic nitrogens is 1. The molecule has 0 radical (unpaired) electrons. The summed E-state index contributed by atoms with van der Waals surface area (Å²) in [6, 6.07) is 5.99. The summed E-state index contributed by atoms with van der Waals surface area (Å²) in [6.45, 7) is 9.64. The van der Waals surface area contributed by atoms with E-state index in [9.17, 15) is 32.7 Å². The standard InChI is InChI=1S/C35H40F4N2O4/c1-19(2)10-30(41-16-23(12-29(38)35(41)45)8-9-40-17-26(36)18-40)31(42)14-24(15-32(43)44)27-13-25(11-21(4)34(27)39)33-20(3)6-7-28(37)22(33)5/h6-7,11-13,16,19,24,26,30H,8-10,14-15,17-18H2,1-5H3,(H,43,44)/t24-,30?/m0/s1. The summed E-state index contributed by atoms with van der Waals surface area (Å²) in [7, 11) is 0. The van der Waals surface area contributed by atoms with Crippen molar-refractivity contribution in [2.75, 3.05) is 19.6 Å². The largest absolute Gasteiger partial charge is 0.481 e. The summed E-state index contributed by atoms with van der Waals surface area (Å²) in [5.74, 6) is -5.13. The van der Waals surface area contributed by atoms with Crippen LogP contribution in [0.4, 0.5) is 17.6 Å². The van der Waals surface area contributed by atoms with Crippen LogP contribution in [0.15, 0.2) is 41.3 Å². The van der Waals surface area contributed by atoms with Crippen molar-refractivity contribution < 1.29 is 32.3 Å². The molecule has 2 aromatic carbocycles. The molecule has 4 rings (SSSR count). The highest BCUT2D eigenvalue weighted by atomic mass is 19.1. The van der Waals surface area contributed by atoms with Gasteiger partial charge in [0.25, 0.3) is 5.56 Å². The number of Topliss-reactive ketones (excluding diaryl/α,β-unsaturated/α-hetero) is 1. The molecule has 242 valence electrons. The fourth-order valence-electron chi connectivity index (χ4n) is 6.20. The number of hydrogen-bond donors (Lipinski definition) is 1. The Labute approximate surface area is 260 Å². The van der Waals surface area contributed by atoms with Gasteiger partial charge in [0.2, 0.25) is 0 Å². The number of pyridine rings is 1. The Morgan fingerprint density at radius 2 is 1.67 bits per heavy atom. The number of nitrogens with zero attached hydrogens (tertiary/aromatic N) is 2. The second-order valence-corrected chi connectivity index (χ2v) is 12.7. The maximum Gasteiger partial charge on any atom is 0.303 e. The van der Waals surface area contributed by atoms with Crippen molar-refractivity contribution in [1.29, 1.82) is 0 Å². The molecular formula is C35H40F4N2O4. The maximum absolute atomic E-state index is 15.7. The van der Waals surface area contributed by atoms with Gasteiger partial charge in [-0.2, -0.15) is 0 Å². The highest BCUT2D eigenvalue weighted by Crippen LogP contribution is 2.37. The van der Waals surface area contributed by atoms with Gasteiger partial charge in [-0.3, -0.25) is 19.3 Å². The quantitative estimate of drug-likeness (QED) is 0.209. The van der Waals surface area contributed by atoms with Crippen LogP contribution in [0.5, 0.6) is 0 Å². The van der Waals surface area contributed by atoms with E-state index in [0.29, 0.717) is 35.2 Å². The molecule has 1 aliphatic rings. The van der Waals surface area contributed by atoms with Gasteiger partial charge < -0.3 is 9.67 Å². The molecule has 1 saturated heterocycles. The van der Waals surface area contributed by atoms with E-state index in [2.05, 4.69) is 0 Å². The van der Waals surface area contributed by atoms with Gasteiger partial charge in [-0.25, -0.2) is 17.6 Å². The second kappa shape index (κ2) is 14.1. The van der Waals surface area contributed by atoms with E-state index >= 15 is 4.39 Å². The predicted octanol–water partition coefficient (Wildman–Crippen LogP) is 6.86. The van der Waals surface area contributed by atoms with E-state index in [1.807, 2.05) is 18.7 Å². The number of carbonyl (C=O) groups is 2. The molecule has 2 heterocycles. The molecule has 1 aromatic heterocycles. The minimum absolute atomic E-state index is 0.0000940. The number of likely N-dealkylation sites (tertiary alicyclic amines) is 1. The summed E-state index contributed by atoms with van der Waals surface area (Å²) < 4.78 is 59.5. The molecule has 45 heavy (non-hydrogen) atoms. The smallest absolute Gasteiger partial charge is 0.303 e. The van der Waals surface area contributed by atoms with Crippen LogP contribution in [0.2, 0.25) is 0 Å². The third-order valence-electron chi connectivity index (χ3n) is 8.57. The molecule has 1 aliphatic heterocycles. The number of aryl methyl sites for hydroxylation is 2. The lowest BCUT2D eigenvalue weighted by atomic mass is 9.84. The van der Waals surface area contributed by atoms with Crippen molar-refractivity contribution in [3.63, 3.8) is 0 Å². The van der Waals surface area contributed by atoms with E-state index < -0.39 is 65.7 Å². The first-order valence-electron chi connectivity index (χ1n) is 15.2. The monoisotopic (exact) mass is 628 g/mol. The number of alkyl halides is 1. The van der Waals surface area contributed by atoms with Gasteiger partial charge in [-0.05, 0) is 103 Å². The number of carbonyl (C=O) groups excluding carboxylic acids is 1. The first kappa shape index (κ1) is 34.1. The highest BCUT2D eigenvalue weighted by molar-refractivity contribution is 5.84. The normalized spacial score (nSPS) is 15.2. The van der Waals surface area contributed by atoms with Crippen molar-refractivity contribution >= 4 is 11.8 Å². The number of carboxylic acid groups (broad SMARTS) is 1. The third-order valence-corrected chi connectivity index (χ3v) is 8.57. The van der Waals surface area contributed by atoms with Crippen LogP contribution in [0.1, 0.15) is 72.9 Å². The Balaban J connectivity index is 1.72. The summed E-state index contributed by atoms with van der Waals surface area (Å²) in [5, 5.41) is 9.78. The van der Waals surface area contributed by atoms with E-state index in [0.717, 1.165) is 16.2 Å². The van der Waals surface area contributed by atoms with E-state index in [4.69, 9.17) is 0 Å². The average molecular weight is 629 g/mol. The van der Waals surface area contributed by atoms with E-state index in [-0.39, 0.29) is 36.6 Å². The Bertz CT molecular complexity index is 1650. The molecular weight excluding hydrogens is 588 g/mol. The Morgan fingerprint density at radius 1 is 0.978 bits per heavy atom. The third kappa shape index (κ3) is 7.90. The molecule has 1 N–H and O–H groups in total. The molecule has 6 nitrogen and oxygen atoms in total. The van der Waals surface area contributed by atoms with Crippen LogP contribution in [-0.4, -0.2) is 52.1 Å². The fraction of sp³-hybridized carbons (Fsp3) is 0.457. The topological polar surface area (TPSA) is 79.6 Å². The van der Waals surface area contributed by atoms with Crippen LogP contribution in [-0.2, 0) is 16.0 Å². The number of hydrogen-bond acceptors (Lipinski definition) is 4. The maximum atomic E-state index is 15.7. The first-order valence-corrected chi connectivity index (χ1v) is 15.2. The number of halogens is 4. The van der Waals surface area contributed by atoms with Crippen molar-refractivity contribution in [2.45, 2.75) is 78.4 Å². The summed E-state index contributed by atoms with van der Waals surface area (Å²) in [4.78, 5) is 40.9. The summed E-state index contributed by atoms with van der Waals surface area (Å²) in [6.07, 6.45) is 0.0594. The molecule has 0 spiro atoms. The van der Waals surface area contributed by atoms with Crippen LogP contribution >= 0.6 is 0 Å². The van der Waals surface area contributed by atoms with E-state index in [1.165, 1.54) is 25.3 Å². The SMILES string of the molecule is Cc1cc(-c2c(C)ccc(F)c2C)cc([C@H](CC(=O)O)CC(=O)C(CC(C)C)n2cc(CCN3CC(F)C3)cc(F)c2=O)c1F.